The molecule has 1 aromatic carbocycles. The Hall–Kier alpha value is -3.13. The third kappa shape index (κ3) is 4.09. The summed E-state index contributed by atoms with van der Waals surface area (Å²) in [6.07, 6.45) is 0.294. The van der Waals surface area contributed by atoms with E-state index in [1.54, 1.807) is 19.2 Å². The van der Waals surface area contributed by atoms with Crippen molar-refractivity contribution in [3.05, 3.63) is 55.8 Å². The van der Waals surface area contributed by atoms with Crippen molar-refractivity contribution in [2.75, 3.05) is 19.5 Å². The van der Waals surface area contributed by atoms with Gasteiger partial charge in [0.05, 0.1) is 19.8 Å². The van der Waals surface area contributed by atoms with Crippen molar-refractivity contribution in [1.29, 1.82) is 0 Å². The fraction of sp³-hybridized carbons (Fsp3) is 0.318. The lowest BCUT2D eigenvalue weighted by atomic mass is 10.0. The van der Waals surface area contributed by atoms with E-state index in [-0.39, 0.29) is 18.7 Å². The summed E-state index contributed by atoms with van der Waals surface area (Å²) in [7, 11) is 2.85. The van der Waals surface area contributed by atoms with Crippen LogP contribution in [-0.4, -0.2) is 26.1 Å². The lowest BCUT2D eigenvalue weighted by Gasteiger charge is -2.09. The quantitative estimate of drug-likeness (QED) is 0.467. The van der Waals surface area contributed by atoms with Gasteiger partial charge in [0, 0.05) is 28.3 Å². The number of hydrogen-bond donors (Lipinski definition) is 1. The lowest BCUT2D eigenvalue weighted by Crippen LogP contribution is -2.17. The summed E-state index contributed by atoms with van der Waals surface area (Å²) >= 11 is 1.32. The zero-order valence-corrected chi connectivity index (χ0v) is 18.3. The maximum atomic E-state index is 12.5. The average molecular weight is 429 g/mol. The molecule has 1 amide bonds. The van der Waals surface area contributed by atoms with Crippen LogP contribution in [0.4, 0.5) is 5.00 Å². The van der Waals surface area contributed by atoms with E-state index in [1.807, 2.05) is 26.8 Å². The summed E-state index contributed by atoms with van der Waals surface area (Å²) in [4.78, 5) is 38.0. The molecule has 0 spiro atoms. The van der Waals surface area contributed by atoms with Gasteiger partial charge in [0.1, 0.15) is 16.3 Å². The van der Waals surface area contributed by atoms with Crippen molar-refractivity contribution in [1.82, 2.24) is 0 Å². The summed E-state index contributed by atoms with van der Waals surface area (Å²) in [5.41, 5.74) is 2.34. The number of methoxy groups -OCH3 is 2. The largest absolute Gasteiger partial charge is 0.497 e. The molecular weight excluding hydrogens is 406 g/mol. The van der Waals surface area contributed by atoms with Gasteiger partial charge in [0.2, 0.25) is 5.91 Å². The highest BCUT2D eigenvalue weighted by Crippen LogP contribution is 2.33. The van der Waals surface area contributed by atoms with Gasteiger partial charge in [0.15, 0.2) is 0 Å². The van der Waals surface area contributed by atoms with Gasteiger partial charge in [0.25, 0.3) is 0 Å². The highest BCUT2D eigenvalue weighted by molar-refractivity contribution is 7.16. The van der Waals surface area contributed by atoms with Crippen molar-refractivity contribution >= 4 is 39.2 Å². The minimum Gasteiger partial charge on any atom is -0.497 e. The molecule has 0 saturated carbocycles. The molecule has 0 unspecified atom stereocenters. The minimum absolute atomic E-state index is 0.0733. The predicted molar refractivity (Wildman–Crippen MR) is 116 cm³/mol. The van der Waals surface area contributed by atoms with Crippen LogP contribution < -0.4 is 15.7 Å². The van der Waals surface area contributed by atoms with Gasteiger partial charge in [-0.1, -0.05) is 0 Å². The number of amides is 1. The van der Waals surface area contributed by atoms with E-state index >= 15 is 0 Å². The van der Waals surface area contributed by atoms with E-state index in [0.717, 1.165) is 21.4 Å². The molecule has 8 heteroatoms. The number of benzene rings is 1. The van der Waals surface area contributed by atoms with E-state index in [9.17, 15) is 14.4 Å². The number of carbonyl (C=O) groups is 2. The van der Waals surface area contributed by atoms with E-state index in [1.165, 1.54) is 18.4 Å². The SMILES string of the molecule is COC(=O)c1c(NC(=O)CCc2c(C)c3ccc(OC)cc3oc2=O)sc(C)c1C. The minimum atomic E-state index is -0.492. The molecule has 2 heterocycles. The first kappa shape index (κ1) is 21.6. The smallest absolute Gasteiger partial charge is 0.341 e. The zero-order chi connectivity index (χ0) is 22.0. The van der Waals surface area contributed by atoms with Gasteiger partial charge in [-0.2, -0.15) is 0 Å². The van der Waals surface area contributed by atoms with Gasteiger partial charge in [-0.05, 0) is 50.5 Å². The van der Waals surface area contributed by atoms with Crippen LogP contribution in [0.3, 0.4) is 0 Å². The molecule has 158 valence electrons. The maximum absolute atomic E-state index is 12.5. The molecule has 30 heavy (non-hydrogen) atoms. The van der Waals surface area contributed by atoms with E-state index in [0.29, 0.717) is 27.5 Å². The topological polar surface area (TPSA) is 94.8 Å². The maximum Gasteiger partial charge on any atom is 0.341 e. The standard InChI is InChI=1S/C22H23NO6S/c1-11-13(3)30-20(19(11)22(26)28-5)23-18(24)9-8-16-12(2)15-7-6-14(27-4)10-17(15)29-21(16)25/h6-7,10H,8-9H2,1-5H3,(H,23,24). The fourth-order valence-corrected chi connectivity index (χ4v) is 4.35. The molecular formula is C22H23NO6S. The van der Waals surface area contributed by atoms with Crippen LogP contribution in [0.2, 0.25) is 0 Å². The molecule has 3 aromatic rings. The van der Waals surface area contributed by atoms with Crippen molar-refractivity contribution in [2.24, 2.45) is 0 Å². The van der Waals surface area contributed by atoms with Crippen molar-refractivity contribution < 1.29 is 23.5 Å². The molecule has 1 N–H and O–H groups in total. The summed E-state index contributed by atoms with van der Waals surface area (Å²) in [6, 6.07) is 5.29. The van der Waals surface area contributed by atoms with Gasteiger partial charge in [-0.15, -0.1) is 11.3 Å². The van der Waals surface area contributed by atoms with Crippen LogP contribution in [0, 0.1) is 20.8 Å². The molecule has 0 aliphatic rings. The third-order valence-corrected chi connectivity index (χ3v) is 6.25. The molecule has 0 aliphatic heterocycles. The fourth-order valence-electron chi connectivity index (χ4n) is 3.28. The summed E-state index contributed by atoms with van der Waals surface area (Å²) in [5, 5.41) is 4.03. The number of hydrogen-bond acceptors (Lipinski definition) is 7. The molecule has 0 radical (unpaired) electrons. The average Bonchev–Trinajstić information content (AvgIpc) is 2.99. The molecule has 0 bridgehead atoms. The first-order valence-electron chi connectivity index (χ1n) is 9.35. The first-order chi connectivity index (χ1) is 14.3. The van der Waals surface area contributed by atoms with E-state index in [4.69, 9.17) is 13.9 Å². The zero-order valence-electron chi connectivity index (χ0n) is 17.5. The second-order valence-corrected chi connectivity index (χ2v) is 8.11. The van der Waals surface area contributed by atoms with Crippen LogP contribution in [0.15, 0.2) is 27.4 Å². The summed E-state index contributed by atoms with van der Waals surface area (Å²) in [6.45, 7) is 5.52. The number of carbonyl (C=O) groups excluding carboxylic acids is 2. The van der Waals surface area contributed by atoms with Crippen molar-refractivity contribution in [2.45, 2.75) is 33.6 Å². The molecule has 0 aliphatic carbocycles. The number of nitrogens with one attached hydrogen (secondary N) is 1. The molecule has 7 nitrogen and oxygen atoms in total. The molecule has 3 rings (SSSR count). The van der Waals surface area contributed by atoms with Crippen LogP contribution >= 0.6 is 11.3 Å². The van der Waals surface area contributed by atoms with Gasteiger partial charge >= 0.3 is 11.6 Å². The normalized spacial score (nSPS) is 10.8. The molecule has 0 saturated heterocycles. The summed E-state index contributed by atoms with van der Waals surface area (Å²) < 4.78 is 15.4. The summed E-state index contributed by atoms with van der Waals surface area (Å²) in [5.74, 6) is -0.191. The Kier molecular flexibility index (Phi) is 6.26. The van der Waals surface area contributed by atoms with Gasteiger partial charge in [-0.3, -0.25) is 4.79 Å². The van der Waals surface area contributed by atoms with Gasteiger partial charge in [-0.25, -0.2) is 9.59 Å². The van der Waals surface area contributed by atoms with Crippen LogP contribution in [0.1, 0.15) is 38.3 Å². The number of aryl methyl sites for hydroxylation is 2. The Morgan fingerprint density at radius 3 is 2.53 bits per heavy atom. The highest BCUT2D eigenvalue weighted by atomic mass is 32.1. The number of fused-ring (bicyclic) bond motifs is 1. The Labute approximate surface area is 177 Å². The number of anilines is 1. The third-order valence-electron chi connectivity index (χ3n) is 5.12. The Morgan fingerprint density at radius 2 is 1.87 bits per heavy atom. The lowest BCUT2D eigenvalue weighted by molar-refractivity contribution is -0.116. The second kappa shape index (κ2) is 8.71. The number of thiophene rings is 1. The van der Waals surface area contributed by atoms with Gasteiger partial charge < -0.3 is 19.2 Å². The number of rotatable bonds is 6. The van der Waals surface area contributed by atoms with Crippen molar-refractivity contribution in [3.8, 4) is 5.75 Å². The number of ether oxygens (including phenoxy) is 2. The second-order valence-electron chi connectivity index (χ2n) is 6.88. The Bertz CT molecular complexity index is 1190. The predicted octanol–water partition coefficient (Wildman–Crippen LogP) is 4.15. The van der Waals surface area contributed by atoms with Crippen LogP contribution in [-0.2, 0) is 16.0 Å². The van der Waals surface area contributed by atoms with Crippen LogP contribution in [0.5, 0.6) is 5.75 Å². The highest BCUT2D eigenvalue weighted by Gasteiger charge is 2.22. The monoisotopic (exact) mass is 429 g/mol. The first-order valence-corrected chi connectivity index (χ1v) is 10.2. The van der Waals surface area contributed by atoms with E-state index < -0.39 is 11.6 Å². The van der Waals surface area contributed by atoms with Crippen molar-refractivity contribution in [3.63, 3.8) is 0 Å². The number of esters is 1. The van der Waals surface area contributed by atoms with E-state index in [2.05, 4.69) is 5.32 Å². The Morgan fingerprint density at radius 1 is 1.13 bits per heavy atom. The Balaban J connectivity index is 1.80. The molecule has 0 fully saturated rings. The van der Waals surface area contributed by atoms with Crippen LogP contribution in [0.25, 0.3) is 11.0 Å². The molecule has 2 aromatic heterocycles. The molecule has 0 atom stereocenters.